The molecule has 0 spiro atoms. The first-order chi connectivity index (χ1) is 9.99. The number of nitrogens with one attached hydrogen (secondary N) is 1. The van der Waals surface area contributed by atoms with Crippen molar-refractivity contribution in [1.29, 1.82) is 0 Å². The Labute approximate surface area is 122 Å². The van der Waals surface area contributed by atoms with Crippen molar-refractivity contribution in [2.75, 3.05) is 13.7 Å². The summed E-state index contributed by atoms with van der Waals surface area (Å²) >= 11 is 0. The van der Waals surface area contributed by atoms with Crippen LogP contribution in [-0.4, -0.2) is 25.9 Å². The smallest absolute Gasteiger partial charge is 0.389 e. The first-order valence-corrected chi connectivity index (χ1v) is 7.08. The predicted molar refractivity (Wildman–Crippen MR) is 73.6 cm³/mol. The van der Waals surface area contributed by atoms with E-state index in [1.165, 1.54) is 20.0 Å². The van der Waals surface area contributed by atoms with Crippen LogP contribution in [0.25, 0.3) is 0 Å². The average molecular weight is 303 g/mol. The van der Waals surface area contributed by atoms with Gasteiger partial charge in [0.1, 0.15) is 0 Å². The summed E-state index contributed by atoms with van der Waals surface area (Å²) in [6.07, 6.45) is -2.69. The van der Waals surface area contributed by atoms with E-state index >= 15 is 0 Å². The van der Waals surface area contributed by atoms with E-state index in [1.54, 1.807) is 6.07 Å². The minimum absolute atomic E-state index is 0.0241. The lowest BCUT2D eigenvalue weighted by atomic mass is 10.2. The fraction of sp³-hybridized carbons (Fsp3) is 0.600. The Kier molecular flexibility index (Phi) is 5.33. The number of alkyl halides is 3. The second-order valence-electron chi connectivity index (χ2n) is 5.17. The summed E-state index contributed by atoms with van der Waals surface area (Å²) in [6.45, 7) is 0.660. The molecule has 0 radical (unpaired) electrons. The normalized spacial score (nSPS) is 15.0. The standard InChI is InChI=1S/C15H20F3NO2/c1-20-13-5-2-4-11(10-19-12-6-7-12)14(13)21-9-3-8-15(16,17)18/h2,4-5,12,19H,3,6-10H2,1H3. The molecule has 0 amide bonds. The van der Waals surface area contributed by atoms with Gasteiger partial charge in [-0.3, -0.25) is 0 Å². The minimum Gasteiger partial charge on any atom is -0.493 e. The molecular formula is C15H20F3NO2. The Hall–Kier alpha value is -1.43. The lowest BCUT2D eigenvalue weighted by Crippen LogP contribution is -2.16. The molecule has 1 N–H and O–H groups in total. The molecular weight excluding hydrogens is 283 g/mol. The van der Waals surface area contributed by atoms with Crippen LogP contribution in [0.15, 0.2) is 18.2 Å². The van der Waals surface area contributed by atoms with E-state index < -0.39 is 12.6 Å². The second-order valence-corrected chi connectivity index (χ2v) is 5.17. The monoisotopic (exact) mass is 303 g/mol. The molecule has 1 fully saturated rings. The van der Waals surface area contributed by atoms with Crippen molar-refractivity contribution < 1.29 is 22.6 Å². The van der Waals surface area contributed by atoms with Gasteiger partial charge in [0, 0.05) is 24.6 Å². The molecule has 6 heteroatoms. The van der Waals surface area contributed by atoms with Crippen molar-refractivity contribution in [3.63, 3.8) is 0 Å². The summed E-state index contributed by atoms with van der Waals surface area (Å²) in [5.74, 6) is 1.09. The van der Waals surface area contributed by atoms with E-state index in [0.29, 0.717) is 24.1 Å². The summed E-state index contributed by atoms with van der Waals surface area (Å²) in [7, 11) is 1.52. The van der Waals surface area contributed by atoms with Crippen molar-refractivity contribution >= 4 is 0 Å². The van der Waals surface area contributed by atoms with Gasteiger partial charge in [0.05, 0.1) is 13.7 Å². The number of para-hydroxylation sites is 1. The number of ether oxygens (including phenoxy) is 2. The van der Waals surface area contributed by atoms with Gasteiger partial charge < -0.3 is 14.8 Å². The van der Waals surface area contributed by atoms with Crippen LogP contribution in [-0.2, 0) is 6.54 Å². The molecule has 21 heavy (non-hydrogen) atoms. The minimum atomic E-state index is -4.14. The molecule has 118 valence electrons. The summed E-state index contributed by atoms with van der Waals surface area (Å²) in [5, 5.41) is 3.36. The maximum atomic E-state index is 12.1. The molecule has 3 nitrogen and oxygen atoms in total. The molecule has 0 bridgehead atoms. The van der Waals surface area contributed by atoms with Gasteiger partial charge in [-0.15, -0.1) is 0 Å². The molecule has 1 aromatic rings. The van der Waals surface area contributed by atoms with Crippen LogP contribution in [0.1, 0.15) is 31.2 Å². The quantitative estimate of drug-likeness (QED) is 0.743. The van der Waals surface area contributed by atoms with Crippen LogP contribution in [0.4, 0.5) is 13.2 Å². The summed E-state index contributed by atoms with van der Waals surface area (Å²) in [6, 6.07) is 6.05. The maximum absolute atomic E-state index is 12.1. The zero-order valence-electron chi connectivity index (χ0n) is 12.0. The average Bonchev–Trinajstić information content (AvgIpc) is 3.24. The molecule has 2 rings (SSSR count). The lowest BCUT2D eigenvalue weighted by Gasteiger charge is -2.16. The Bertz CT molecular complexity index is 459. The van der Waals surface area contributed by atoms with E-state index in [4.69, 9.17) is 9.47 Å². The summed E-state index contributed by atoms with van der Waals surface area (Å²) < 4.78 is 47.2. The molecule has 0 aromatic heterocycles. The van der Waals surface area contributed by atoms with E-state index in [0.717, 1.165) is 5.56 Å². The third-order valence-corrected chi connectivity index (χ3v) is 3.29. The number of benzene rings is 1. The van der Waals surface area contributed by atoms with Crippen molar-refractivity contribution in [2.24, 2.45) is 0 Å². The number of hydrogen-bond donors (Lipinski definition) is 1. The van der Waals surface area contributed by atoms with Crippen molar-refractivity contribution in [1.82, 2.24) is 5.32 Å². The zero-order valence-corrected chi connectivity index (χ0v) is 12.0. The summed E-state index contributed by atoms with van der Waals surface area (Å²) in [4.78, 5) is 0. The number of methoxy groups -OCH3 is 1. The topological polar surface area (TPSA) is 30.5 Å². The highest BCUT2D eigenvalue weighted by atomic mass is 19.4. The van der Waals surface area contributed by atoms with Gasteiger partial charge in [-0.05, 0) is 25.3 Å². The number of rotatable bonds is 8. The van der Waals surface area contributed by atoms with Gasteiger partial charge >= 0.3 is 6.18 Å². The SMILES string of the molecule is COc1cccc(CNC2CC2)c1OCCCC(F)(F)F. The van der Waals surface area contributed by atoms with E-state index in [-0.39, 0.29) is 13.0 Å². The van der Waals surface area contributed by atoms with E-state index in [1.807, 2.05) is 12.1 Å². The molecule has 0 unspecified atom stereocenters. The van der Waals surface area contributed by atoms with Crippen molar-refractivity contribution in [2.45, 2.75) is 44.4 Å². The van der Waals surface area contributed by atoms with Gasteiger partial charge in [-0.1, -0.05) is 12.1 Å². The molecule has 1 aromatic carbocycles. The Morgan fingerprint density at radius 3 is 2.67 bits per heavy atom. The molecule has 0 atom stereocenters. The third-order valence-electron chi connectivity index (χ3n) is 3.29. The van der Waals surface area contributed by atoms with Crippen LogP contribution >= 0.6 is 0 Å². The van der Waals surface area contributed by atoms with Crippen LogP contribution in [0.5, 0.6) is 11.5 Å². The van der Waals surface area contributed by atoms with Crippen LogP contribution < -0.4 is 14.8 Å². The van der Waals surface area contributed by atoms with Crippen LogP contribution in [0.3, 0.4) is 0 Å². The van der Waals surface area contributed by atoms with Crippen LogP contribution in [0, 0.1) is 0 Å². The third kappa shape index (κ3) is 5.46. The Balaban J connectivity index is 1.93. The van der Waals surface area contributed by atoms with E-state index in [9.17, 15) is 13.2 Å². The van der Waals surface area contributed by atoms with Crippen molar-refractivity contribution in [3.8, 4) is 11.5 Å². The van der Waals surface area contributed by atoms with Crippen molar-refractivity contribution in [3.05, 3.63) is 23.8 Å². The van der Waals surface area contributed by atoms with Crippen LogP contribution in [0.2, 0.25) is 0 Å². The van der Waals surface area contributed by atoms with Gasteiger partial charge in [-0.2, -0.15) is 13.2 Å². The molecule has 0 heterocycles. The first-order valence-electron chi connectivity index (χ1n) is 7.08. The van der Waals surface area contributed by atoms with Gasteiger partial charge in [0.15, 0.2) is 11.5 Å². The highest BCUT2D eigenvalue weighted by Crippen LogP contribution is 2.32. The highest BCUT2D eigenvalue weighted by molar-refractivity contribution is 5.46. The lowest BCUT2D eigenvalue weighted by molar-refractivity contribution is -0.136. The van der Waals surface area contributed by atoms with Gasteiger partial charge in [0.2, 0.25) is 0 Å². The highest BCUT2D eigenvalue weighted by Gasteiger charge is 2.26. The fourth-order valence-electron chi connectivity index (χ4n) is 2.01. The number of halogens is 3. The predicted octanol–water partition coefficient (Wildman–Crippen LogP) is 3.67. The molecule has 1 aliphatic rings. The molecule has 1 saturated carbocycles. The zero-order chi connectivity index (χ0) is 15.3. The Morgan fingerprint density at radius 1 is 1.29 bits per heavy atom. The summed E-state index contributed by atoms with van der Waals surface area (Å²) in [5.41, 5.74) is 0.910. The molecule has 0 aliphatic heterocycles. The second kappa shape index (κ2) is 7.02. The molecule has 0 saturated heterocycles. The van der Waals surface area contributed by atoms with Gasteiger partial charge in [-0.25, -0.2) is 0 Å². The fourth-order valence-corrected chi connectivity index (χ4v) is 2.01. The number of hydrogen-bond acceptors (Lipinski definition) is 3. The Morgan fingerprint density at radius 2 is 2.05 bits per heavy atom. The molecule has 1 aliphatic carbocycles. The first kappa shape index (κ1) is 15.9. The van der Waals surface area contributed by atoms with E-state index in [2.05, 4.69) is 5.32 Å². The largest absolute Gasteiger partial charge is 0.493 e. The maximum Gasteiger partial charge on any atom is 0.389 e. The van der Waals surface area contributed by atoms with Gasteiger partial charge in [0.25, 0.3) is 0 Å².